The molecule has 1 unspecified atom stereocenters. The first-order chi connectivity index (χ1) is 9.01. The van der Waals surface area contributed by atoms with Crippen LogP contribution in [0.15, 0.2) is 4.34 Å². The molecule has 0 aliphatic heterocycles. The standard InChI is InChI=1S/C12H21N3O2S2/c1-5-7-13-12(3,10(16)17-4)6-8-18-11-14-9(2)15-19-11/h13H,5-8H2,1-4H3. The summed E-state index contributed by atoms with van der Waals surface area (Å²) in [5, 5.41) is 3.27. The Kier molecular flexibility index (Phi) is 6.74. The zero-order chi connectivity index (χ0) is 14.3. The van der Waals surface area contributed by atoms with Crippen molar-refractivity contribution in [2.75, 3.05) is 19.4 Å². The van der Waals surface area contributed by atoms with Crippen LogP contribution in [0.25, 0.3) is 0 Å². The number of nitrogens with one attached hydrogen (secondary N) is 1. The zero-order valence-corrected chi connectivity index (χ0v) is 13.5. The van der Waals surface area contributed by atoms with Gasteiger partial charge in [0.15, 0.2) is 4.34 Å². The van der Waals surface area contributed by atoms with Crippen LogP contribution in [0.4, 0.5) is 0 Å². The minimum Gasteiger partial charge on any atom is -0.468 e. The Labute approximate surface area is 122 Å². The summed E-state index contributed by atoms with van der Waals surface area (Å²) in [6.45, 7) is 6.64. The van der Waals surface area contributed by atoms with Crippen LogP contribution in [-0.4, -0.2) is 40.3 Å². The highest BCUT2D eigenvalue weighted by Crippen LogP contribution is 2.24. The number of esters is 1. The Morgan fingerprint density at radius 3 is 2.84 bits per heavy atom. The summed E-state index contributed by atoms with van der Waals surface area (Å²) in [4.78, 5) is 16.2. The van der Waals surface area contributed by atoms with Crippen molar-refractivity contribution in [2.24, 2.45) is 0 Å². The van der Waals surface area contributed by atoms with Gasteiger partial charge < -0.3 is 10.1 Å². The molecule has 0 spiro atoms. The Morgan fingerprint density at radius 1 is 1.58 bits per heavy atom. The molecule has 0 radical (unpaired) electrons. The van der Waals surface area contributed by atoms with Gasteiger partial charge in [-0.3, -0.25) is 4.79 Å². The molecule has 0 saturated heterocycles. The molecule has 0 fully saturated rings. The first kappa shape index (κ1) is 16.4. The number of carbonyl (C=O) groups is 1. The molecule has 0 aromatic carbocycles. The number of methoxy groups -OCH3 is 1. The van der Waals surface area contributed by atoms with Gasteiger partial charge >= 0.3 is 5.97 Å². The van der Waals surface area contributed by atoms with E-state index >= 15 is 0 Å². The maximum atomic E-state index is 11.9. The quantitative estimate of drug-likeness (QED) is 0.587. The summed E-state index contributed by atoms with van der Waals surface area (Å²) in [7, 11) is 1.43. The third-order valence-corrected chi connectivity index (χ3v) is 4.66. The Hall–Kier alpha value is -0.660. The van der Waals surface area contributed by atoms with Crippen molar-refractivity contribution >= 4 is 29.3 Å². The highest BCUT2D eigenvalue weighted by atomic mass is 32.2. The second-order valence-electron chi connectivity index (χ2n) is 4.46. The van der Waals surface area contributed by atoms with E-state index in [-0.39, 0.29) is 5.97 Å². The molecule has 1 rings (SSSR count). The first-order valence-electron chi connectivity index (χ1n) is 6.28. The molecule has 1 heterocycles. The minimum absolute atomic E-state index is 0.213. The molecular formula is C12H21N3O2S2. The predicted octanol–water partition coefficient (Wildman–Crippen LogP) is 2.26. The third kappa shape index (κ3) is 5.08. The van der Waals surface area contributed by atoms with Crippen LogP contribution in [0.5, 0.6) is 0 Å². The third-order valence-electron chi connectivity index (χ3n) is 2.74. The fraction of sp³-hybridized carbons (Fsp3) is 0.750. The molecular weight excluding hydrogens is 282 g/mol. The van der Waals surface area contributed by atoms with E-state index in [0.717, 1.165) is 28.9 Å². The van der Waals surface area contributed by atoms with E-state index in [1.54, 1.807) is 11.8 Å². The topological polar surface area (TPSA) is 64.1 Å². The molecule has 0 aliphatic rings. The van der Waals surface area contributed by atoms with Crippen molar-refractivity contribution in [2.45, 2.75) is 43.5 Å². The lowest BCUT2D eigenvalue weighted by Crippen LogP contribution is -2.50. The van der Waals surface area contributed by atoms with E-state index in [1.165, 1.54) is 18.6 Å². The van der Waals surface area contributed by atoms with Crippen LogP contribution in [0.2, 0.25) is 0 Å². The van der Waals surface area contributed by atoms with Crippen molar-refractivity contribution in [3.8, 4) is 0 Å². The SMILES string of the molecule is CCCNC(C)(CCSc1nc(C)ns1)C(=O)OC. The molecule has 5 nitrogen and oxygen atoms in total. The lowest BCUT2D eigenvalue weighted by molar-refractivity contribution is -0.148. The number of hydrogen-bond donors (Lipinski definition) is 1. The van der Waals surface area contributed by atoms with E-state index in [2.05, 4.69) is 21.6 Å². The van der Waals surface area contributed by atoms with E-state index in [9.17, 15) is 4.79 Å². The Balaban J connectivity index is 2.50. The lowest BCUT2D eigenvalue weighted by Gasteiger charge is -2.27. The van der Waals surface area contributed by atoms with Gasteiger partial charge in [0.2, 0.25) is 0 Å². The van der Waals surface area contributed by atoms with Gasteiger partial charge in [-0.25, -0.2) is 4.98 Å². The van der Waals surface area contributed by atoms with Gasteiger partial charge in [-0.15, -0.1) is 0 Å². The van der Waals surface area contributed by atoms with Gasteiger partial charge in [0.25, 0.3) is 0 Å². The number of ether oxygens (including phenoxy) is 1. The number of carbonyl (C=O) groups excluding carboxylic acids is 1. The molecule has 7 heteroatoms. The number of aromatic nitrogens is 2. The lowest BCUT2D eigenvalue weighted by atomic mass is 9.99. The van der Waals surface area contributed by atoms with Crippen molar-refractivity contribution in [1.82, 2.24) is 14.7 Å². The molecule has 108 valence electrons. The highest BCUT2D eigenvalue weighted by molar-refractivity contribution is 8.00. The number of thioether (sulfide) groups is 1. The van der Waals surface area contributed by atoms with Gasteiger partial charge in [-0.2, -0.15) is 4.37 Å². The molecule has 0 aliphatic carbocycles. The van der Waals surface area contributed by atoms with Crippen LogP contribution in [0, 0.1) is 6.92 Å². The minimum atomic E-state index is -0.627. The fourth-order valence-electron chi connectivity index (χ4n) is 1.57. The fourth-order valence-corrected chi connectivity index (χ4v) is 3.45. The number of hydrogen-bond acceptors (Lipinski definition) is 7. The number of rotatable bonds is 8. The largest absolute Gasteiger partial charge is 0.468 e. The van der Waals surface area contributed by atoms with Crippen molar-refractivity contribution in [3.05, 3.63) is 5.82 Å². The van der Waals surface area contributed by atoms with Crippen molar-refractivity contribution in [1.29, 1.82) is 0 Å². The summed E-state index contributed by atoms with van der Waals surface area (Å²) in [6, 6.07) is 0. The smallest absolute Gasteiger partial charge is 0.325 e. The summed E-state index contributed by atoms with van der Waals surface area (Å²) < 4.78 is 9.96. The summed E-state index contributed by atoms with van der Waals surface area (Å²) in [6.07, 6.45) is 1.68. The molecule has 1 N–H and O–H groups in total. The van der Waals surface area contributed by atoms with Gasteiger partial charge in [-0.1, -0.05) is 18.7 Å². The average Bonchev–Trinajstić information content (AvgIpc) is 2.81. The van der Waals surface area contributed by atoms with Crippen LogP contribution in [0.1, 0.15) is 32.5 Å². The van der Waals surface area contributed by atoms with E-state index in [4.69, 9.17) is 4.74 Å². The maximum Gasteiger partial charge on any atom is 0.325 e. The normalized spacial score (nSPS) is 14.1. The Bertz CT molecular complexity index is 411. The monoisotopic (exact) mass is 303 g/mol. The summed E-state index contributed by atoms with van der Waals surface area (Å²) in [5.41, 5.74) is -0.627. The van der Waals surface area contributed by atoms with Crippen molar-refractivity contribution in [3.63, 3.8) is 0 Å². The van der Waals surface area contributed by atoms with Gasteiger partial charge in [-0.05, 0) is 44.8 Å². The second-order valence-corrected chi connectivity index (χ2v) is 6.55. The van der Waals surface area contributed by atoms with E-state index < -0.39 is 5.54 Å². The summed E-state index contributed by atoms with van der Waals surface area (Å²) in [5.74, 6) is 1.39. The summed E-state index contributed by atoms with van der Waals surface area (Å²) >= 11 is 3.02. The molecule has 0 amide bonds. The maximum absolute atomic E-state index is 11.9. The van der Waals surface area contributed by atoms with E-state index in [1.807, 2.05) is 13.8 Å². The van der Waals surface area contributed by atoms with Gasteiger partial charge in [0, 0.05) is 5.75 Å². The van der Waals surface area contributed by atoms with Gasteiger partial charge in [0.05, 0.1) is 7.11 Å². The van der Waals surface area contributed by atoms with E-state index in [0.29, 0.717) is 6.42 Å². The molecule has 0 saturated carbocycles. The molecule has 1 atom stereocenters. The van der Waals surface area contributed by atoms with Crippen LogP contribution in [-0.2, 0) is 9.53 Å². The van der Waals surface area contributed by atoms with Crippen LogP contribution in [0.3, 0.4) is 0 Å². The zero-order valence-electron chi connectivity index (χ0n) is 11.9. The highest BCUT2D eigenvalue weighted by Gasteiger charge is 2.33. The van der Waals surface area contributed by atoms with Crippen LogP contribution >= 0.6 is 23.3 Å². The molecule has 19 heavy (non-hydrogen) atoms. The molecule has 0 bridgehead atoms. The molecule has 1 aromatic rings. The Morgan fingerprint density at radius 2 is 2.32 bits per heavy atom. The average molecular weight is 303 g/mol. The van der Waals surface area contributed by atoms with Crippen molar-refractivity contribution < 1.29 is 9.53 Å². The second kappa shape index (κ2) is 7.81. The first-order valence-corrected chi connectivity index (χ1v) is 8.04. The predicted molar refractivity (Wildman–Crippen MR) is 78.7 cm³/mol. The van der Waals surface area contributed by atoms with Gasteiger partial charge in [0.1, 0.15) is 11.4 Å². The number of aryl methyl sites for hydroxylation is 1. The van der Waals surface area contributed by atoms with Crippen LogP contribution < -0.4 is 5.32 Å². The molecule has 1 aromatic heterocycles. The number of nitrogens with zero attached hydrogens (tertiary/aromatic N) is 2.